The second-order valence-corrected chi connectivity index (χ2v) is 7.43. The molecule has 0 spiro atoms. The van der Waals surface area contributed by atoms with E-state index in [1.54, 1.807) is 32.2 Å². The van der Waals surface area contributed by atoms with Gasteiger partial charge in [0.05, 0.1) is 11.4 Å². The minimum absolute atomic E-state index is 0.293. The molecule has 2 aromatic heterocycles. The summed E-state index contributed by atoms with van der Waals surface area (Å²) in [7, 11) is -1.86. The van der Waals surface area contributed by atoms with E-state index in [0.717, 1.165) is 6.42 Å². The van der Waals surface area contributed by atoms with Crippen LogP contribution in [0.15, 0.2) is 22.4 Å². The van der Waals surface area contributed by atoms with Crippen molar-refractivity contribution in [1.82, 2.24) is 14.5 Å². The summed E-state index contributed by atoms with van der Waals surface area (Å²) in [5.74, 6) is 0. The lowest BCUT2D eigenvalue weighted by atomic mass is 10.3. The number of hydrogen-bond donors (Lipinski definition) is 1. The van der Waals surface area contributed by atoms with Gasteiger partial charge in [-0.1, -0.05) is 6.07 Å². The molecule has 0 amide bonds. The van der Waals surface area contributed by atoms with Crippen LogP contribution in [0.3, 0.4) is 0 Å². The number of thiophene rings is 1. The first-order valence-electron chi connectivity index (χ1n) is 5.93. The predicted molar refractivity (Wildman–Crippen MR) is 75.9 cm³/mol. The summed E-state index contributed by atoms with van der Waals surface area (Å²) in [6.45, 7) is 3.89. The first-order chi connectivity index (χ1) is 8.93. The van der Waals surface area contributed by atoms with Crippen LogP contribution in [0, 0.1) is 13.8 Å². The van der Waals surface area contributed by atoms with Crippen molar-refractivity contribution < 1.29 is 8.42 Å². The highest BCUT2D eigenvalue weighted by Crippen LogP contribution is 2.21. The largest absolute Gasteiger partial charge is 0.281 e. The lowest BCUT2D eigenvalue weighted by Gasteiger charge is -2.16. The number of aromatic nitrogens is 2. The smallest absolute Gasteiger partial charge is 0.246 e. The van der Waals surface area contributed by atoms with Gasteiger partial charge in [0, 0.05) is 18.5 Å². The van der Waals surface area contributed by atoms with Crippen LogP contribution >= 0.6 is 11.3 Å². The second kappa shape index (κ2) is 5.44. The predicted octanol–water partition coefficient (Wildman–Crippen LogP) is 1.95. The lowest BCUT2D eigenvalue weighted by Crippen LogP contribution is -2.29. The van der Waals surface area contributed by atoms with Gasteiger partial charge in [-0.25, -0.2) is 12.7 Å². The molecule has 19 heavy (non-hydrogen) atoms. The molecular weight excluding hydrogens is 282 g/mol. The maximum absolute atomic E-state index is 12.5. The molecule has 0 aliphatic heterocycles. The minimum atomic E-state index is -3.47. The molecule has 0 saturated heterocycles. The van der Waals surface area contributed by atoms with E-state index in [1.165, 1.54) is 9.18 Å². The van der Waals surface area contributed by atoms with E-state index in [2.05, 4.69) is 10.2 Å². The average Bonchev–Trinajstić information content (AvgIpc) is 2.96. The number of aryl methyl sites for hydroxylation is 2. The fourth-order valence-electron chi connectivity index (χ4n) is 1.92. The van der Waals surface area contributed by atoms with Crippen LogP contribution in [-0.4, -0.2) is 36.5 Å². The van der Waals surface area contributed by atoms with Gasteiger partial charge in [-0.2, -0.15) is 5.10 Å². The Kier molecular flexibility index (Phi) is 4.07. The fourth-order valence-corrected chi connectivity index (χ4v) is 4.11. The third kappa shape index (κ3) is 2.88. The van der Waals surface area contributed by atoms with E-state index in [4.69, 9.17) is 0 Å². The normalized spacial score (nSPS) is 12.2. The molecule has 0 aromatic carbocycles. The molecule has 0 aliphatic carbocycles. The molecule has 7 heteroatoms. The number of hydrogen-bond acceptors (Lipinski definition) is 4. The lowest BCUT2D eigenvalue weighted by molar-refractivity contribution is 0.472. The molecule has 104 valence electrons. The van der Waals surface area contributed by atoms with Gasteiger partial charge in [-0.05, 0) is 31.7 Å². The zero-order chi connectivity index (χ0) is 14.0. The summed E-state index contributed by atoms with van der Waals surface area (Å²) in [5, 5.41) is 8.65. The van der Waals surface area contributed by atoms with Gasteiger partial charge >= 0.3 is 0 Å². The van der Waals surface area contributed by atoms with Gasteiger partial charge < -0.3 is 0 Å². The zero-order valence-electron chi connectivity index (χ0n) is 11.2. The van der Waals surface area contributed by atoms with Crippen LogP contribution in [0.2, 0.25) is 0 Å². The quantitative estimate of drug-likeness (QED) is 0.917. The van der Waals surface area contributed by atoms with Crippen molar-refractivity contribution in [3.8, 4) is 0 Å². The maximum Gasteiger partial charge on any atom is 0.246 e. The van der Waals surface area contributed by atoms with Crippen molar-refractivity contribution in [2.45, 2.75) is 25.2 Å². The Morgan fingerprint density at radius 3 is 2.68 bits per heavy atom. The van der Waals surface area contributed by atoms with Crippen LogP contribution in [0.25, 0.3) is 0 Å². The van der Waals surface area contributed by atoms with Gasteiger partial charge in [-0.15, -0.1) is 11.3 Å². The molecule has 2 aromatic rings. The summed E-state index contributed by atoms with van der Waals surface area (Å²) in [6, 6.07) is 3.98. The first-order valence-corrected chi connectivity index (χ1v) is 8.25. The Morgan fingerprint density at radius 1 is 1.42 bits per heavy atom. The van der Waals surface area contributed by atoms with E-state index >= 15 is 0 Å². The second-order valence-electron chi connectivity index (χ2n) is 4.42. The van der Waals surface area contributed by atoms with E-state index in [-0.39, 0.29) is 0 Å². The van der Waals surface area contributed by atoms with E-state index in [0.29, 0.717) is 22.8 Å². The average molecular weight is 299 g/mol. The number of rotatable bonds is 5. The highest BCUT2D eigenvalue weighted by Gasteiger charge is 2.26. The summed E-state index contributed by atoms with van der Waals surface area (Å²) in [5.41, 5.74) is 1.10. The van der Waals surface area contributed by atoms with Crippen LogP contribution < -0.4 is 0 Å². The Hall–Kier alpha value is -1.18. The van der Waals surface area contributed by atoms with Crippen molar-refractivity contribution in [3.05, 3.63) is 33.8 Å². The highest BCUT2D eigenvalue weighted by atomic mass is 32.2. The highest BCUT2D eigenvalue weighted by molar-refractivity contribution is 7.89. The minimum Gasteiger partial charge on any atom is -0.281 e. The van der Waals surface area contributed by atoms with Crippen molar-refractivity contribution in [1.29, 1.82) is 0 Å². The zero-order valence-corrected chi connectivity index (χ0v) is 12.8. The van der Waals surface area contributed by atoms with E-state index in [1.807, 2.05) is 17.5 Å². The summed E-state index contributed by atoms with van der Waals surface area (Å²) in [4.78, 5) is 1.48. The fraction of sp³-hybridized carbons (Fsp3) is 0.417. The van der Waals surface area contributed by atoms with E-state index in [9.17, 15) is 8.42 Å². The molecule has 0 saturated carbocycles. The molecule has 2 rings (SSSR count). The third-order valence-electron chi connectivity index (χ3n) is 2.98. The van der Waals surface area contributed by atoms with Crippen LogP contribution in [-0.2, 0) is 16.4 Å². The van der Waals surface area contributed by atoms with Gasteiger partial charge in [0.1, 0.15) is 4.90 Å². The summed E-state index contributed by atoms with van der Waals surface area (Å²) < 4.78 is 26.3. The standard InChI is InChI=1S/C12H17N3O2S2/c1-9-12(10(2)14-13-9)19(16,17)15(3)7-6-11-5-4-8-18-11/h4-5,8H,6-7H2,1-3H3,(H,13,14). The number of H-pyrrole nitrogens is 1. The van der Waals surface area contributed by atoms with E-state index < -0.39 is 10.0 Å². The van der Waals surface area contributed by atoms with Crippen molar-refractivity contribution in [3.63, 3.8) is 0 Å². The molecule has 5 nitrogen and oxygen atoms in total. The SMILES string of the molecule is Cc1n[nH]c(C)c1S(=O)(=O)N(C)CCc1cccs1. The molecule has 0 radical (unpaired) electrons. The van der Waals surface area contributed by atoms with Gasteiger partial charge in [0.15, 0.2) is 0 Å². The molecule has 2 heterocycles. The Labute approximate surface area is 117 Å². The summed E-state index contributed by atoms with van der Waals surface area (Å²) in [6.07, 6.45) is 0.726. The van der Waals surface area contributed by atoms with Crippen LogP contribution in [0.5, 0.6) is 0 Å². The van der Waals surface area contributed by atoms with Gasteiger partial charge in [0.25, 0.3) is 0 Å². The number of sulfonamides is 1. The van der Waals surface area contributed by atoms with Crippen molar-refractivity contribution in [2.75, 3.05) is 13.6 Å². The molecule has 0 unspecified atom stereocenters. The molecule has 0 aliphatic rings. The monoisotopic (exact) mass is 299 g/mol. The third-order valence-corrected chi connectivity index (χ3v) is 6.04. The van der Waals surface area contributed by atoms with Crippen molar-refractivity contribution in [2.24, 2.45) is 0 Å². The molecule has 0 bridgehead atoms. The van der Waals surface area contributed by atoms with Gasteiger partial charge in [-0.3, -0.25) is 5.10 Å². The Bertz CT molecular complexity index is 625. The first kappa shape index (κ1) is 14.2. The van der Waals surface area contributed by atoms with Crippen LogP contribution in [0.1, 0.15) is 16.3 Å². The molecule has 0 atom stereocenters. The number of aromatic amines is 1. The summed E-state index contributed by atoms with van der Waals surface area (Å²) >= 11 is 1.64. The van der Waals surface area contributed by atoms with Crippen LogP contribution in [0.4, 0.5) is 0 Å². The number of nitrogens with zero attached hydrogens (tertiary/aromatic N) is 2. The topological polar surface area (TPSA) is 66.1 Å². The maximum atomic E-state index is 12.5. The Morgan fingerprint density at radius 2 is 2.16 bits per heavy atom. The molecule has 1 N–H and O–H groups in total. The molecular formula is C12H17N3O2S2. The molecule has 0 fully saturated rings. The Balaban J connectivity index is 2.16. The van der Waals surface area contributed by atoms with Gasteiger partial charge in [0.2, 0.25) is 10.0 Å². The number of nitrogens with one attached hydrogen (secondary N) is 1. The number of likely N-dealkylation sites (N-methyl/N-ethyl adjacent to an activating group) is 1. The van der Waals surface area contributed by atoms with Crippen molar-refractivity contribution >= 4 is 21.4 Å².